The molecule has 88 valence electrons. The molecule has 1 aromatic rings. The number of aromatic nitrogens is 4. The van der Waals surface area contributed by atoms with Gasteiger partial charge in [0, 0.05) is 0 Å². The van der Waals surface area contributed by atoms with Crippen LogP contribution in [0, 0.1) is 11.3 Å². The summed E-state index contributed by atoms with van der Waals surface area (Å²) in [5.74, 6) is -0.101. The molecular formula is C10H16N4O2. The second-order valence-electron chi connectivity index (χ2n) is 4.78. The second kappa shape index (κ2) is 4.19. The van der Waals surface area contributed by atoms with Crippen LogP contribution in [-0.2, 0) is 11.3 Å². The standard InChI is InChI=1S/C10H16N4O2/c1-8-2-4-10(5-3-8,9(15)16)6-14-7-11-12-13-14/h7-8H,2-6H2,1H3,(H,15,16). The van der Waals surface area contributed by atoms with E-state index in [0.717, 1.165) is 12.8 Å². The highest BCUT2D eigenvalue weighted by Crippen LogP contribution is 2.40. The van der Waals surface area contributed by atoms with Gasteiger partial charge in [-0.2, -0.15) is 0 Å². The van der Waals surface area contributed by atoms with Crippen LogP contribution in [0.5, 0.6) is 0 Å². The lowest BCUT2D eigenvalue weighted by Gasteiger charge is -2.35. The summed E-state index contributed by atoms with van der Waals surface area (Å²) in [6.07, 6.45) is 4.83. The molecule has 0 aromatic carbocycles. The lowest BCUT2D eigenvalue weighted by atomic mass is 9.71. The molecule has 0 bridgehead atoms. The Balaban J connectivity index is 2.13. The molecule has 0 atom stereocenters. The first-order valence-electron chi connectivity index (χ1n) is 5.56. The fourth-order valence-electron chi connectivity index (χ4n) is 2.32. The molecule has 1 N–H and O–H groups in total. The van der Waals surface area contributed by atoms with Gasteiger partial charge in [0.15, 0.2) is 0 Å². The number of carbonyl (C=O) groups is 1. The fraction of sp³-hybridized carbons (Fsp3) is 0.800. The van der Waals surface area contributed by atoms with E-state index in [1.54, 1.807) is 0 Å². The van der Waals surface area contributed by atoms with E-state index in [1.165, 1.54) is 11.0 Å². The first kappa shape index (κ1) is 11.0. The predicted molar refractivity (Wildman–Crippen MR) is 55.5 cm³/mol. The van der Waals surface area contributed by atoms with Gasteiger partial charge in [0.25, 0.3) is 0 Å². The quantitative estimate of drug-likeness (QED) is 0.826. The first-order valence-corrected chi connectivity index (χ1v) is 5.56. The number of nitrogens with zero attached hydrogens (tertiary/aromatic N) is 4. The minimum absolute atomic E-state index is 0.377. The van der Waals surface area contributed by atoms with Crippen molar-refractivity contribution in [3.8, 4) is 0 Å². The lowest BCUT2D eigenvalue weighted by molar-refractivity contribution is -0.153. The topological polar surface area (TPSA) is 80.9 Å². The number of hydrogen-bond acceptors (Lipinski definition) is 4. The van der Waals surface area contributed by atoms with Gasteiger partial charge in [-0.25, -0.2) is 4.68 Å². The van der Waals surface area contributed by atoms with Crippen LogP contribution in [0.25, 0.3) is 0 Å². The Morgan fingerprint density at radius 2 is 2.25 bits per heavy atom. The number of aliphatic carboxylic acids is 1. The van der Waals surface area contributed by atoms with Crippen molar-refractivity contribution in [3.63, 3.8) is 0 Å². The maximum absolute atomic E-state index is 11.4. The van der Waals surface area contributed by atoms with Crippen LogP contribution in [0.3, 0.4) is 0 Å². The van der Waals surface area contributed by atoms with Crippen molar-refractivity contribution in [1.82, 2.24) is 20.2 Å². The van der Waals surface area contributed by atoms with Gasteiger partial charge in [0.2, 0.25) is 0 Å². The van der Waals surface area contributed by atoms with Crippen molar-refractivity contribution < 1.29 is 9.90 Å². The van der Waals surface area contributed by atoms with Crippen molar-refractivity contribution in [1.29, 1.82) is 0 Å². The second-order valence-corrected chi connectivity index (χ2v) is 4.78. The largest absolute Gasteiger partial charge is 0.481 e. The van der Waals surface area contributed by atoms with E-state index in [1.807, 2.05) is 0 Å². The third-order valence-electron chi connectivity index (χ3n) is 3.54. The van der Waals surface area contributed by atoms with Crippen molar-refractivity contribution in [3.05, 3.63) is 6.33 Å². The summed E-state index contributed by atoms with van der Waals surface area (Å²) in [6, 6.07) is 0. The molecule has 0 radical (unpaired) electrons. The number of tetrazole rings is 1. The summed E-state index contributed by atoms with van der Waals surface area (Å²) in [5.41, 5.74) is -0.679. The number of carboxylic acids is 1. The van der Waals surface area contributed by atoms with Gasteiger partial charge >= 0.3 is 5.97 Å². The summed E-state index contributed by atoms with van der Waals surface area (Å²) in [7, 11) is 0. The Bertz CT molecular complexity index is 355. The van der Waals surface area contributed by atoms with Crippen molar-refractivity contribution in [2.45, 2.75) is 39.2 Å². The number of hydrogen-bond donors (Lipinski definition) is 1. The Morgan fingerprint density at radius 1 is 1.56 bits per heavy atom. The summed E-state index contributed by atoms with van der Waals surface area (Å²) in [5, 5.41) is 20.2. The van der Waals surface area contributed by atoms with Gasteiger partial charge in [-0.3, -0.25) is 4.79 Å². The van der Waals surface area contributed by atoms with E-state index in [2.05, 4.69) is 22.4 Å². The molecule has 6 nitrogen and oxygen atoms in total. The summed E-state index contributed by atoms with van der Waals surface area (Å²) in [4.78, 5) is 11.4. The van der Waals surface area contributed by atoms with Crippen LogP contribution < -0.4 is 0 Å². The van der Waals surface area contributed by atoms with Gasteiger partial charge in [0.1, 0.15) is 6.33 Å². The van der Waals surface area contributed by atoms with Crippen LogP contribution >= 0.6 is 0 Å². The highest BCUT2D eigenvalue weighted by molar-refractivity contribution is 5.74. The molecule has 0 aliphatic heterocycles. The van der Waals surface area contributed by atoms with Gasteiger partial charge in [-0.15, -0.1) is 5.10 Å². The molecular weight excluding hydrogens is 208 g/mol. The number of carboxylic acid groups (broad SMARTS) is 1. The molecule has 1 aliphatic rings. The van der Waals surface area contributed by atoms with Crippen molar-refractivity contribution in [2.75, 3.05) is 0 Å². The molecule has 16 heavy (non-hydrogen) atoms. The minimum atomic E-state index is -0.727. The molecule has 0 amide bonds. The molecule has 0 spiro atoms. The lowest BCUT2D eigenvalue weighted by Crippen LogP contribution is -2.39. The van der Waals surface area contributed by atoms with Gasteiger partial charge in [-0.1, -0.05) is 6.92 Å². The summed E-state index contributed by atoms with van der Waals surface area (Å²) < 4.78 is 1.52. The molecule has 1 heterocycles. The Morgan fingerprint density at radius 3 is 2.75 bits per heavy atom. The maximum atomic E-state index is 11.4. The third kappa shape index (κ3) is 2.05. The van der Waals surface area contributed by atoms with E-state index in [4.69, 9.17) is 0 Å². The van der Waals surface area contributed by atoms with Gasteiger partial charge in [0.05, 0.1) is 12.0 Å². The van der Waals surface area contributed by atoms with Gasteiger partial charge in [-0.05, 0) is 42.0 Å². The molecule has 2 rings (SSSR count). The molecule has 1 saturated carbocycles. The zero-order chi connectivity index (χ0) is 11.6. The highest BCUT2D eigenvalue weighted by atomic mass is 16.4. The van der Waals surface area contributed by atoms with Crippen LogP contribution in [-0.4, -0.2) is 31.3 Å². The summed E-state index contributed by atoms with van der Waals surface area (Å²) in [6.45, 7) is 2.55. The van der Waals surface area contributed by atoms with E-state index in [-0.39, 0.29) is 0 Å². The maximum Gasteiger partial charge on any atom is 0.311 e. The van der Waals surface area contributed by atoms with E-state index >= 15 is 0 Å². The molecule has 1 fully saturated rings. The van der Waals surface area contributed by atoms with Crippen molar-refractivity contribution in [2.24, 2.45) is 11.3 Å². The average molecular weight is 224 g/mol. The first-order chi connectivity index (χ1) is 7.62. The van der Waals surface area contributed by atoms with Crippen LogP contribution in [0.2, 0.25) is 0 Å². The van der Waals surface area contributed by atoms with Crippen molar-refractivity contribution >= 4 is 5.97 Å². The third-order valence-corrected chi connectivity index (χ3v) is 3.54. The Labute approximate surface area is 93.6 Å². The van der Waals surface area contributed by atoms with E-state index in [9.17, 15) is 9.90 Å². The normalized spacial score (nSPS) is 30.2. The minimum Gasteiger partial charge on any atom is -0.481 e. The Kier molecular flexibility index (Phi) is 2.89. The molecule has 1 aromatic heterocycles. The molecule has 1 aliphatic carbocycles. The van der Waals surface area contributed by atoms with Gasteiger partial charge < -0.3 is 5.11 Å². The zero-order valence-electron chi connectivity index (χ0n) is 9.33. The monoisotopic (exact) mass is 224 g/mol. The molecule has 6 heteroatoms. The SMILES string of the molecule is CC1CCC(Cn2cnnn2)(C(=O)O)CC1. The zero-order valence-corrected chi connectivity index (χ0v) is 9.33. The molecule has 0 saturated heterocycles. The van der Waals surface area contributed by atoms with E-state index < -0.39 is 11.4 Å². The summed E-state index contributed by atoms with van der Waals surface area (Å²) >= 11 is 0. The molecule has 0 unspecified atom stereocenters. The Hall–Kier alpha value is -1.46. The fourth-order valence-corrected chi connectivity index (χ4v) is 2.32. The van der Waals surface area contributed by atoms with Crippen LogP contribution in [0.15, 0.2) is 6.33 Å². The average Bonchev–Trinajstić information content (AvgIpc) is 2.74. The number of rotatable bonds is 3. The van der Waals surface area contributed by atoms with Crippen LogP contribution in [0.1, 0.15) is 32.6 Å². The predicted octanol–water partition coefficient (Wildman–Crippen LogP) is 0.954. The van der Waals surface area contributed by atoms with E-state index in [0.29, 0.717) is 25.3 Å². The van der Waals surface area contributed by atoms with Crippen LogP contribution in [0.4, 0.5) is 0 Å². The highest BCUT2D eigenvalue weighted by Gasteiger charge is 2.41. The smallest absolute Gasteiger partial charge is 0.311 e.